The first-order valence-electron chi connectivity index (χ1n) is 10.2. The summed E-state index contributed by atoms with van der Waals surface area (Å²) < 4.78 is 25.1. The smallest absolute Gasteiger partial charge is 0.254 e. The minimum Gasteiger partial charge on any atom is -0.486 e. The average molecular weight is 410 g/mol. The Morgan fingerprint density at radius 2 is 1.83 bits per heavy atom. The summed E-state index contributed by atoms with van der Waals surface area (Å²) in [5, 5.41) is 5.65. The van der Waals surface area contributed by atoms with Gasteiger partial charge in [-0.1, -0.05) is 30.3 Å². The lowest BCUT2D eigenvalue weighted by atomic mass is 9.86. The van der Waals surface area contributed by atoms with Crippen molar-refractivity contribution in [2.75, 3.05) is 26.9 Å². The van der Waals surface area contributed by atoms with Crippen molar-refractivity contribution in [3.05, 3.63) is 64.7 Å². The summed E-state index contributed by atoms with van der Waals surface area (Å²) in [7, 11) is 1.52. The Kier molecular flexibility index (Phi) is 4.70. The van der Waals surface area contributed by atoms with E-state index in [1.807, 2.05) is 30.3 Å². The number of fused-ring (bicyclic) bond motifs is 2. The van der Waals surface area contributed by atoms with Gasteiger partial charge in [0, 0.05) is 36.1 Å². The van der Waals surface area contributed by atoms with E-state index in [0.717, 1.165) is 5.56 Å². The molecule has 2 aromatic carbocycles. The summed E-state index contributed by atoms with van der Waals surface area (Å²) in [4.78, 5) is 25.5. The van der Waals surface area contributed by atoms with Crippen LogP contribution in [-0.4, -0.2) is 50.9 Å². The fraction of sp³-hybridized carbons (Fsp3) is 0.391. The van der Waals surface area contributed by atoms with E-state index in [0.29, 0.717) is 41.9 Å². The van der Waals surface area contributed by atoms with Gasteiger partial charge in [-0.15, -0.1) is 0 Å². The van der Waals surface area contributed by atoms with Gasteiger partial charge in [-0.05, 0) is 17.7 Å². The molecule has 0 unspecified atom stereocenters. The van der Waals surface area contributed by atoms with Crippen LogP contribution in [0, 0.1) is 11.8 Å². The molecule has 5 atom stereocenters. The molecule has 2 heterocycles. The maximum atomic E-state index is 13.9. The number of hydrogen-bond acceptors (Lipinski definition) is 4. The zero-order valence-electron chi connectivity index (χ0n) is 16.6. The lowest BCUT2D eigenvalue weighted by Gasteiger charge is -2.16. The lowest BCUT2D eigenvalue weighted by molar-refractivity contribution is 0.0929. The van der Waals surface area contributed by atoms with E-state index in [-0.39, 0.29) is 23.4 Å². The van der Waals surface area contributed by atoms with Gasteiger partial charge < -0.3 is 20.1 Å². The summed E-state index contributed by atoms with van der Waals surface area (Å²) >= 11 is 0. The maximum Gasteiger partial charge on any atom is 0.254 e. The second-order valence-electron chi connectivity index (χ2n) is 8.08. The van der Waals surface area contributed by atoms with Crippen LogP contribution in [0.15, 0.2) is 42.5 Å². The van der Waals surface area contributed by atoms with Crippen molar-refractivity contribution in [3.8, 4) is 5.75 Å². The summed E-state index contributed by atoms with van der Waals surface area (Å²) in [6.07, 6.45) is -0.746. The predicted octanol–water partition coefficient (Wildman–Crippen LogP) is 2.28. The number of carbonyl (C=O) groups is 2. The molecule has 0 spiro atoms. The van der Waals surface area contributed by atoms with E-state index < -0.39 is 18.7 Å². The molecule has 1 aliphatic carbocycles. The van der Waals surface area contributed by atoms with Crippen LogP contribution in [0.5, 0.6) is 5.75 Å². The Morgan fingerprint density at radius 1 is 1.10 bits per heavy atom. The van der Waals surface area contributed by atoms with E-state index >= 15 is 0 Å². The second-order valence-corrected chi connectivity index (χ2v) is 8.08. The molecule has 156 valence electrons. The van der Waals surface area contributed by atoms with Crippen LogP contribution < -0.4 is 15.4 Å². The van der Waals surface area contributed by atoms with Gasteiger partial charge in [0.15, 0.2) is 0 Å². The third kappa shape index (κ3) is 3.04. The highest BCUT2D eigenvalue weighted by molar-refractivity contribution is 6.02. The van der Waals surface area contributed by atoms with E-state index in [4.69, 9.17) is 9.47 Å². The Hall–Kier alpha value is -2.93. The number of halogens is 1. The molecule has 30 heavy (non-hydrogen) atoms. The van der Waals surface area contributed by atoms with Crippen LogP contribution in [0.1, 0.15) is 37.8 Å². The number of rotatable bonds is 5. The van der Waals surface area contributed by atoms with Gasteiger partial charge in [0.25, 0.3) is 11.8 Å². The van der Waals surface area contributed by atoms with E-state index in [1.165, 1.54) is 13.1 Å². The summed E-state index contributed by atoms with van der Waals surface area (Å²) in [6, 6.07) is 12.8. The molecule has 7 heteroatoms. The van der Waals surface area contributed by atoms with E-state index in [9.17, 15) is 14.0 Å². The highest BCUT2D eigenvalue weighted by Gasteiger charge is 2.54. The summed E-state index contributed by atoms with van der Waals surface area (Å²) in [5.41, 5.74) is 2.17. The first-order chi connectivity index (χ1) is 14.6. The quantitative estimate of drug-likeness (QED) is 0.793. The molecule has 1 saturated heterocycles. The fourth-order valence-corrected chi connectivity index (χ4v) is 4.73. The van der Waals surface area contributed by atoms with Gasteiger partial charge in [0.05, 0.1) is 24.7 Å². The number of carbonyl (C=O) groups excluding carboxylic acids is 2. The van der Waals surface area contributed by atoms with Crippen LogP contribution in [0.3, 0.4) is 0 Å². The number of nitrogens with one attached hydrogen (secondary N) is 2. The third-order valence-electron chi connectivity index (χ3n) is 6.39. The number of hydrogen-bond donors (Lipinski definition) is 2. The van der Waals surface area contributed by atoms with Gasteiger partial charge in [-0.2, -0.15) is 0 Å². The van der Waals surface area contributed by atoms with Gasteiger partial charge in [0.1, 0.15) is 18.5 Å². The minimum absolute atomic E-state index is 0.114. The molecule has 5 rings (SSSR count). The number of benzene rings is 2. The van der Waals surface area contributed by atoms with Crippen molar-refractivity contribution in [1.82, 2.24) is 10.6 Å². The standard InChI is InChI=1S/C23H23FN2O4/c1-25-23(28)15-8-13(22(27)26-20-16-10-29-11-17(16)20)7-14-19(12-5-3-2-4-6-12)18(9-24)30-21(14)15/h2-8,16-20H,9-11H2,1H3,(H,25,28)(H,26,27)/t16-,17+,18-,19-,20+/m1/s1. The Bertz CT molecular complexity index is 986. The molecule has 0 aromatic heterocycles. The second kappa shape index (κ2) is 7.40. The fourth-order valence-electron chi connectivity index (χ4n) is 4.73. The van der Waals surface area contributed by atoms with Crippen molar-refractivity contribution in [3.63, 3.8) is 0 Å². The normalized spacial score (nSPS) is 28.3. The molecule has 2 amide bonds. The number of amides is 2. The van der Waals surface area contributed by atoms with E-state index in [2.05, 4.69) is 10.6 Å². The number of ether oxygens (including phenoxy) is 2. The first-order valence-corrected chi connectivity index (χ1v) is 10.2. The topological polar surface area (TPSA) is 76.7 Å². The van der Waals surface area contributed by atoms with Gasteiger partial charge in [0.2, 0.25) is 0 Å². The van der Waals surface area contributed by atoms with E-state index in [1.54, 1.807) is 6.07 Å². The highest BCUT2D eigenvalue weighted by Crippen LogP contribution is 2.46. The van der Waals surface area contributed by atoms with Crippen molar-refractivity contribution in [1.29, 1.82) is 0 Å². The molecule has 1 saturated carbocycles. The largest absolute Gasteiger partial charge is 0.486 e. The average Bonchev–Trinajstić information content (AvgIpc) is 3.14. The molecule has 2 fully saturated rings. The number of alkyl halides is 1. The zero-order chi connectivity index (χ0) is 20.8. The van der Waals surface area contributed by atoms with Gasteiger partial charge in [-0.3, -0.25) is 9.59 Å². The van der Waals surface area contributed by atoms with Crippen molar-refractivity contribution in [2.24, 2.45) is 11.8 Å². The first kappa shape index (κ1) is 19.1. The third-order valence-corrected chi connectivity index (χ3v) is 6.39. The van der Waals surface area contributed by atoms with Crippen LogP contribution in [0.2, 0.25) is 0 Å². The Morgan fingerprint density at radius 3 is 2.50 bits per heavy atom. The van der Waals surface area contributed by atoms with Crippen LogP contribution in [0.4, 0.5) is 4.39 Å². The minimum atomic E-state index is -0.746. The Balaban J connectivity index is 1.54. The lowest BCUT2D eigenvalue weighted by Crippen LogP contribution is -2.30. The molecular weight excluding hydrogens is 387 g/mol. The molecule has 0 bridgehead atoms. The summed E-state index contributed by atoms with van der Waals surface area (Å²) in [6.45, 7) is 0.644. The molecular formula is C23H23FN2O4. The SMILES string of the molecule is CNC(=O)c1cc(C(=O)N[C@H]2[C@@H]3COC[C@@H]32)cc2c1O[C@H](CF)[C@@H]2c1ccccc1. The van der Waals surface area contributed by atoms with Crippen molar-refractivity contribution < 1.29 is 23.5 Å². The predicted molar refractivity (Wildman–Crippen MR) is 108 cm³/mol. The molecule has 0 radical (unpaired) electrons. The van der Waals surface area contributed by atoms with Crippen molar-refractivity contribution >= 4 is 11.8 Å². The Labute approximate surface area is 173 Å². The molecule has 2 aliphatic heterocycles. The molecule has 2 N–H and O–H groups in total. The van der Waals surface area contributed by atoms with Crippen LogP contribution >= 0.6 is 0 Å². The molecule has 2 aromatic rings. The van der Waals surface area contributed by atoms with Crippen LogP contribution in [0.25, 0.3) is 0 Å². The van der Waals surface area contributed by atoms with Crippen molar-refractivity contribution in [2.45, 2.75) is 18.1 Å². The van der Waals surface area contributed by atoms with Crippen LogP contribution in [-0.2, 0) is 4.74 Å². The monoisotopic (exact) mass is 410 g/mol. The maximum absolute atomic E-state index is 13.9. The molecule has 3 aliphatic rings. The van der Waals surface area contributed by atoms with Gasteiger partial charge in [-0.25, -0.2) is 4.39 Å². The highest BCUT2D eigenvalue weighted by atomic mass is 19.1. The van der Waals surface area contributed by atoms with Gasteiger partial charge >= 0.3 is 0 Å². The molecule has 6 nitrogen and oxygen atoms in total. The zero-order valence-corrected chi connectivity index (χ0v) is 16.6. The summed E-state index contributed by atoms with van der Waals surface area (Å²) in [5.74, 6) is 0.0909.